The molecule has 1 aromatic carbocycles. The predicted octanol–water partition coefficient (Wildman–Crippen LogP) is 3.69. The van der Waals surface area contributed by atoms with Crippen LogP contribution in [0.5, 0.6) is 0 Å². The smallest absolute Gasteiger partial charge is 0.341 e. The molecule has 46 heavy (non-hydrogen) atoms. The monoisotopic (exact) mass is 629 g/mol. The standard InChI is InChI=1S/C36H48N6O4/c1-22(24-9-6-10-24)38-34(46)36(16-18-41(21-36)23(2)43)26-13-8-14-27(19-26)42(5)29-20-35(29,3)30(25-11-7-12-25)31(33(42)45)39-32(44)28-15-17-37-40(28)4/h8,13-15,17,19,22,24-25,29-31H,6-7,9-12,16,18,20-21H2,1-5H3,(H-,38,39,44,46)/p+1/t22?,29?,30?,31-,35?,36?,42?/m0/s1. The third kappa shape index (κ3) is 4.65. The number of fused-ring (bicyclic) bond motifs is 1. The Morgan fingerprint density at radius 1 is 1.11 bits per heavy atom. The molecule has 7 rings (SSSR count). The van der Waals surface area contributed by atoms with E-state index in [0.29, 0.717) is 37.0 Å². The SMILES string of the molecule is CC(=O)N1CCC(C(=O)NC(C)C2CCC2)(c2cccc([N+]3(C)C(=O)[C@@H](NC(=O)c4ccnn4C)C(C4CCC4)C4(C)CC43)c2)C1. The summed E-state index contributed by atoms with van der Waals surface area (Å²) < 4.78 is 1.62. The number of likely N-dealkylation sites (N-methyl/N-ethyl adjacent to an activating group) is 1. The second-order valence-electron chi connectivity index (χ2n) is 15.4. The van der Waals surface area contributed by atoms with E-state index < -0.39 is 11.5 Å². The maximum atomic E-state index is 14.9. The number of likely N-dealkylation sites (tertiary alicyclic amines) is 2. The van der Waals surface area contributed by atoms with Gasteiger partial charge in [0.2, 0.25) is 11.8 Å². The number of carbonyl (C=O) groups is 4. The molecule has 1 aromatic heterocycles. The molecule has 3 saturated carbocycles. The van der Waals surface area contributed by atoms with E-state index in [0.717, 1.165) is 49.8 Å². The third-order valence-corrected chi connectivity index (χ3v) is 13.0. The Balaban J connectivity index is 1.25. The number of aryl methyl sites for hydroxylation is 1. The van der Waals surface area contributed by atoms with E-state index in [9.17, 15) is 19.2 Å². The molecule has 7 atom stereocenters. The molecule has 4 amide bonds. The number of hydrogen-bond donors (Lipinski definition) is 2. The highest BCUT2D eigenvalue weighted by molar-refractivity contribution is 6.01. The topological polar surface area (TPSA) is 113 Å². The van der Waals surface area contributed by atoms with Gasteiger partial charge in [0.25, 0.3) is 5.91 Å². The molecule has 5 aliphatic rings. The molecule has 3 heterocycles. The summed E-state index contributed by atoms with van der Waals surface area (Å²) in [6.07, 6.45) is 9.82. The number of nitrogens with zero attached hydrogens (tertiary/aromatic N) is 4. The fraction of sp³-hybridized carbons (Fsp3) is 0.639. The van der Waals surface area contributed by atoms with E-state index in [1.165, 1.54) is 6.42 Å². The van der Waals surface area contributed by atoms with Crippen LogP contribution in [0.15, 0.2) is 36.5 Å². The van der Waals surface area contributed by atoms with Crippen LogP contribution in [-0.4, -0.2) is 76.6 Å². The van der Waals surface area contributed by atoms with Crippen molar-refractivity contribution in [1.82, 2.24) is 29.8 Å². The number of quaternary nitrogens is 1. The number of benzene rings is 1. The zero-order valence-corrected chi connectivity index (χ0v) is 27.9. The van der Waals surface area contributed by atoms with E-state index in [1.807, 2.05) is 25.2 Å². The number of carbonyl (C=O) groups excluding carboxylic acids is 4. The van der Waals surface area contributed by atoms with Gasteiger partial charge in [-0.05, 0) is 55.7 Å². The van der Waals surface area contributed by atoms with Crippen molar-refractivity contribution in [1.29, 1.82) is 0 Å². The third-order valence-electron chi connectivity index (χ3n) is 13.0. The molecule has 246 valence electrons. The van der Waals surface area contributed by atoms with Gasteiger partial charge in [-0.25, -0.2) is 9.28 Å². The second-order valence-corrected chi connectivity index (χ2v) is 15.4. The van der Waals surface area contributed by atoms with Crippen molar-refractivity contribution in [3.8, 4) is 0 Å². The lowest BCUT2D eigenvalue weighted by Crippen LogP contribution is -2.69. The summed E-state index contributed by atoms with van der Waals surface area (Å²) in [5.74, 6) is 0.623. The Labute approximate surface area is 271 Å². The first kappa shape index (κ1) is 31.1. The Kier molecular flexibility index (Phi) is 7.45. The van der Waals surface area contributed by atoms with Crippen LogP contribution in [0.3, 0.4) is 0 Å². The van der Waals surface area contributed by atoms with Gasteiger partial charge >= 0.3 is 5.91 Å². The summed E-state index contributed by atoms with van der Waals surface area (Å²) >= 11 is 0. The summed E-state index contributed by atoms with van der Waals surface area (Å²) in [7, 11) is 3.74. The zero-order chi connectivity index (χ0) is 32.6. The summed E-state index contributed by atoms with van der Waals surface area (Å²) in [6, 6.07) is 9.22. The van der Waals surface area contributed by atoms with Crippen LogP contribution < -0.4 is 15.1 Å². The quantitative estimate of drug-likeness (QED) is 0.433. The molecule has 10 nitrogen and oxygen atoms in total. The van der Waals surface area contributed by atoms with Crippen molar-refractivity contribution in [3.05, 3.63) is 47.8 Å². The lowest BCUT2D eigenvalue weighted by Gasteiger charge is -2.49. The van der Waals surface area contributed by atoms with Gasteiger partial charge in [-0.15, -0.1) is 0 Å². The van der Waals surface area contributed by atoms with Crippen molar-refractivity contribution >= 4 is 29.3 Å². The van der Waals surface area contributed by atoms with Gasteiger partial charge in [0.1, 0.15) is 23.5 Å². The van der Waals surface area contributed by atoms with E-state index >= 15 is 0 Å². The summed E-state index contributed by atoms with van der Waals surface area (Å²) in [5, 5.41) is 10.7. The van der Waals surface area contributed by atoms with Crippen LogP contribution in [0.2, 0.25) is 0 Å². The number of nitrogens with one attached hydrogen (secondary N) is 2. The fourth-order valence-corrected chi connectivity index (χ4v) is 9.47. The first-order chi connectivity index (χ1) is 21.9. The molecule has 5 fully saturated rings. The van der Waals surface area contributed by atoms with Crippen LogP contribution in [0.4, 0.5) is 5.69 Å². The van der Waals surface area contributed by atoms with E-state index in [2.05, 4.69) is 35.6 Å². The van der Waals surface area contributed by atoms with E-state index in [1.54, 1.807) is 35.8 Å². The Bertz CT molecular complexity index is 1580. The van der Waals surface area contributed by atoms with Gasteiger partial charge in [0.15, 0.2) is 0 Å². The van der Waals surface area contributed by atoms with Gasteiger partial charge in [-0.3, -0.25) is 19.1 Å². The lowest BCUT2D eigenvalue weighted by atomic mass is 9.64. The molecular weight excluding hydrogens is 580 g/mol. The average molecular weight is 630 g/mol. The maximum Gasteiger partial charge on any atom is 0.341 e. The van der Waals surface area contributed by atoms with E-state index in [4.69, 9.17) is 0 Å². The summed E-state index contributed by atoms with van der Waals surface area (Å²) in [6.45, 7) is 6.79. The molecule has 2 aromatic rings. The number of aromatic nitrogens is 2. The molecule has 6 unspecified atom stereocenters. The normalized spacial score (nSPS) is 34.7. The van der Waals surface area contributed by atoms with Crippen molar-refractivity contribution in [3.63, 3.8) is 0 Å². The average Bonchev–Trinajstić information content (AvgIpc) is 3.29. The number of rotatable bonds is 8. The fourth-order valence-electron chi connectivity index (χ4n) is 9.47. The minimum atomic E-state index is -0.897. The van der Waals surface area contributed by atoms with Crippen LogP contribution in [0, 0.1) is 23.2 Å². The van der Waals surface area contributed by atoms with E-state index in [-0.39, 0.29) is 51.5 Å². The van der Waals surface area contributed by atoms with Crippen LogP contribution in [0.25, 0.3) is 0 Å². The summed E-state index contributed by atoms with van der Waals surface area (Å²) in [5.41, 5.74) is 1.12. The molecule has 2 N–H and O–H groups in total. The predicted molar refractivity (Wildman–Crippen MR) is 174 cm³/mol. The van der Waals surface area contributed by atoms with Crippen LogP contribution in [-0.2, 0) is 26.8 Å². The lowest BCUT2D eigenvalue weighted by molar-refractivity contribution is -0.140. The molecule has 2 aliphatic heterocycles. The Hall–Kier alpha value is -3.53. The molecule has 0 bridgehead atoms. The Morgan fingerprint density at radius 2 is 1.85 bits per heavy atom. The van der Waals surface area contributed by atoms with Crippen molar-refractivity contribution in [2.24, 2.45) is 30.2 Å². The molecule has 2 saturated heterocycles. The largest absolute Gasteiger partial charge is 0.353 e. The first-order valence-corrected chi connectivity index (χ1v) is 17.3. The van der Waals surface area contributed by atoms with Crippen LogP contribution >= 0.6 is 0 Å². The first-order valence-electron chi connectivity index (χ1n) is 17.3. The van der Waals surface area contributed by atoms with Crippen molar-refractivity contribution in [2.45, 2.75) is 95.7 Å². The minimum absolute atomic E-state index is 0.00145. The van der Waals surface area contributed by atoms with Gasteiger partial charge in [-0.2, -0.15) is 5.10 Å². The minimum Gasteiger partial charge on any atom is -0.353 e. The maximum absolute atomic E-state index is 14.9. The molecule has 0 spiro atoms. The molecule has 10 heteroatoms. The van der Waals surface area contributed by atoms with Crippen molar-refractivity contribution < 1.29 is 19.2 Å². The highest BCUT2D eigenvalue weighted by Crippen LogP contribution is 2.66. The number of amides is 4. The van der Waals surface area contributed by atoms with Gasteiger partial charge in [0, 0.05) is 63.1 Å². The number of hydrogen-bond acceptors (Lipinski definition) is 5. The van der Waals surface area contributed by atoms with Gasteiger partial charge in [-0.1, -0.05) is 44.7 Å². The highest BCUT2D eigenvalue weighted by atomic mass is 16.2. The number of piperidine rings is 1. The van der Waals surface area contributed by atoms with Gasteiger partial charge < -0.3 is 15.5 Å². The van der Waals surface area contributed by atoms with Gasteiger partial charge in [0.05, 0.1) is 12.5 Å². The van der Waals surface area contributed by atoms with Crippen LogP contribution in [0.1, 0.15) is 88.2 Å². The molecule has 0 radical (unpaired) electrons. The van der Waals surface area contributed by atoms with Crippen molar-refractivity contribution in [2.75, 3.05) is 20.1 Å². The highest BCUT2D eigenvalue weighted by Gasteiger charge is 2.76. The molecular formula is C36H49N6O4+. The molecule has 3 aliphatic carbocycles. The zero-order valence-electron chi connectivity index (χ0n) is 27.9. The summed E-state index contributed by atoms with van der Waals surface area (Å²) in [4.78, 5) is 57.0. The second kappa shape index (κ2) is 11.0. The Morgan fingerprint density at radius 3 is 2.43 bits per heavy atom.